The fraction of sp³-hybridized carbons (Fsp3) is 0. The summed E-state index contributed by atoms with van der Waals surface area (Å²) in [7, 11) is 0. The molecule has 0 aromatic carbocycles. The molecular formula is C11H8BrN5. The van der Waals surface area contributed by atoms with Gasteiger partial charge in [0.05, 0.1) is 0 Å². The zero-order valence-electron chi connectivity index (χ0n) is 8.71. The van der Waals surface area contributed by atoms with Crippen molar-refractivity contribution in [1.29, 1.82) is 0 Å². The molecule has 0 unspecified atom stereocenters. The van der Waals surface area contributed by atoms with Crippen molar-refractivity contribution < 1.29 is 0 Å². The molecular weight excluding hydrogens is 282 g/mol. The van der Waals surface area contributed by atoms with Crippen LogP contribution in [0.15, 0.2) is 41.1 Å². The van der Waals surface area contributed by atoms with E-state index in [0.717, 1.165) is 15.8 Å². The van der Waals surface area contributed by atoms with E-state index >= 15 is 0 Å². The van der Waals surface area contributed by atoms with E-state index in [1.54, 1.807) is 18.5 Å². The number of nitrogens with zero attached hydrogens (tertiary/aromatic N) is 4. The number of hydrogen-bond acceptors (Lipinski definition) is 4. The highest BCUT2D eigenvalue weighted by molar-refractivity contribution is 9.10. The van der Waals surface area contributed by atoms with Gasteiger partial charge in [-0.05, 0) is 40.2 Å². The van der Waals surface area contributed by atoms with Crippen LogP contribution in [0.2, 0.25) is 0 Å². The highest BCUT2D eigenvalue weighted by Crippen LogP contribution is 2.24. The van der Waals surface area contributed by atoms with Crippen LogP contribution in [0.25, 0.3) is 17.2 Å². The van der Waals surface area contributed by atoms with Gasteiger partial charge in [0.25, 0.3) is 0 Å². The van der Waals surface area contributed by atoms with Crippen LogP contribution in [0.3, 0.4) is 0 Å². The summed E-state index contributed by atoms with van der Waals surface area (Å²) in [5.74, 6) is 0.666. The minimum Gasteiger partial charge on any atom is -0.398 e. The average Bonchev–Trinajstić information content (AvgIpc) is 2.72. The minimum atomic E-state index is 0.658. The predicted molar refractivity (Wildman–Crippen MR) is 68.3 cm³/mol. The molecule has 84 valence electrons. The van der Waals surface area contributed by atoms with E-state index in [4.69, 9.17) is 5.73 Å². The highest BCUT2D eigenvalue weighted by atomic mass is 79.9. The Bertz CT molecular complexity index is 691. The molecule has 6 heteroatoms. The van der Waals surface area contributed by atoms with Gasteiger partial charge in [-0.3, -0.25) is 9.38 Å². The van der Waals surface area contributed by atoms with Gasteiger partial charge in [0.1, 0.15) is 5.69 Å². The number of nitrogens with two attached hydrogens (primary N) is 1. The second kappa shape index (κ2) is 3.81. The zero-order chi connectivity index (χ0) is 11.8. The van der Waals surface area contributed by atoms with Crippen molar-refractivity contribution in [1.82, 2.24) is 19.6 Å². The van der Waals surface area contributed by atoms with Crippen molar-refractivity contribution in [3.05, 3.63) is 41.1 Å². The lowest BCUT2D eigenvalue weighted by atomic mass is 10.3. The standard InChI is InChI=1S/C11H8BrN5/c12-8-2-1-5-14-10(8)11-16-15-9-4-3-7(13)6-17(9)11/h1-6H,13H2. The largest absolute Gasteiger partial charge is 0.398 e. The number of halogens is 1. The minimum absolute atomic E-state index is 0.658. The Morgan fingerprint density at radius 2 is 2.06 bits per heavy atom. The van der Waals surface area contributed by atoms with Crippen LogP contribution < -0.4 is 5.73 Å². The first-order valence-corrected chi connectivity index (χ1v) is 5.76. The fourth-order valence-corrected chi connectivity index (χ4v) is 2.05. The van der Waals surface area contributed by atoms with E-state index in [1.807, 2.05) is 22.6 Å². The Balaban J connectivity index is 2.31. The second-order valence-electron chi connectivity index (χ2n) is 3.55. The van der Waals surface area contributed by atoms with Crippen LogP contribution in [0.4, 0.5) is 5.69 Å². The molecule has 0 amide bonds. The van der Waals surface area contributed by atoms with Crippen LogP contribution in [-0.2, 0) is 0 Å². The molecule has 3 heterocycles. The molecule has 5 nitrogen and oxygen atoms in total. The molecule has 0 saturated heterocycles. The van der Waals surface area contributed by atoms with E-state index in [9.17, 15) is 0 Å². The Hall–Kier alpha value is -1.95. The van der Waals surface area contributed by atoms with Gasteiger partial charge < -0.3 is 5.73 Å². The van der Waals surface area contributed by atoms with Crippen LogP contribution in [0.5, 0.6) is 0 Å². The van der Waals surface area contributed by atoms with Crippen LogP contribution in [0.1, 0.15) is 0 Å². The number of aromatic nitrogens is 4. The summed E-state index contributed by atoms with van der Waals surface area (Å²) >= 11 is 3.45. The molecule has 3 aromatic rings. The third kappa shape index (κ3) is 1.66. The van der Waals surface area contributed by atoms with Crippen molar-refractivity contribution in [2.75, 3.05) is 5.73 Å². The summed E-state index contributed by atoms with van der Waals surface area (Å²) in [5.41, 5.74) is 7.90. The highest BCUT2D eigenvalue weighted by Gasteiger charge is 2.11. The van der Waals surface area contributed by atoms with Gasteiger partial charge in [-0.15, -0.1) is 10.2 Å². The third-order valence-corrected chi connectivity index (χ3v) is 3.04. The first-order chi connectivity index (χ1) is 8.25. The Morgan fingerprint density at radius 3 is 2.88 bits per heavy atom. The summed E-state index contributed by atoms with van der Waals surface area (Å²) in [6.45, 7) is 0. The van der Waals surface area contributed by atoms with Gasteiger partial charge in [-0.1, -0.05) is 0 Å². The number of rotatable bonds is 1. The molecule has 0 saturated carbocycles. The lowest BCUT2D eigenvalue weighted by molar-refractivity contribution is 1.09. The smallest absolute Gasteiger partial charge is 0.188 e. The lowest BCUT2D eigenvalue weighted by Crippen LogP contribution is -1.94. The zero-order valence-corrected chi connectivity index (χ0v) is 10.3. The Morgan fingerprint density at radius 1 is 1.18 bits per heavy atom. The normalized spacial score (nSPS) is 10.9. The van der Waals surface area contributed by atoms with Crippen molar-refractivity contribution in [3.8, 4) is 11.5 Å². The number of hydrogen-bond donors (Lipinski definition) is 1. The molecule has 3 rings (SSSR count). The van der Waals surface area contributed by atoms with Gasteiger partial charge in [0.15, 0.2) is 11.5 Å². The van der Waals surface area contributed by atoms with Crippen molar-refractivity contribution >= 4 is 27.3 Å². The maximum atomic E-state index is 5.76. The molecule has 0 aliphatic carbocycles. The van der Waals surface area contributed by atoms with E-state index in [1.165, 1.54) is 0 Å². The monoisotopic (exact) mass is 289 g/mol. The van der Waals surface area contributed by atoms with E-state index in [2.05, 4.69) is 31.1 Å². The van der Waals surface area contributed by atoms with Crippen molar-refractivity contribution in [2.45, 2.75) is 0 Å². The summed E-state index contributed by atoms with van der Waals surface area (Å²) in [6.07, 6.45) is 3.50. The predicted octanol–water partition coefficient (Wildman–Crippen LogP) is 2.14. The van der Waals surface area contributed by atoms with E-state index < -0.39 is 0 Å². The summed E-state index contributed by atoms with van der Waals surface area (Å²) in [5, 5.41) is 8.21. The lowest BCUT2D eigenvalue weighted by Gasteiger charge is -2.01. The number of nitrogen functional groups attached to an aromatic ring is 1. The second-order valence-corrected chi connectivity index (χ2v) is 4.40. The SMILES string of the molecule is Nc1ccc2nnc(-c3ncccc3Br)n2c1. The van der Waals surface area contributed by atoms with Gasteiger partial charge in [0, 0.05) is 22.6 Å². The van der Waals surface area contributed by atoms with E-state index in [-0.39, 0.29) is 0 Å². The van der Waals surface area contributed by atoms with Gasteiger partial charge in [-0.25, -0.2) is 0 Å². The Labute approximate surface area is 105 Å². The molecule has 0 bridgehead atoms. The van der Waals surface area contributed by atoms with Gasteiger partial charge >= 0.3 is 0 Å². The maximum absolute atomic E-state index is 5.76. The van der Waals surface area contributed by atoms with Crippen molar-refractivity contribution in [3.63, 3.8) is 0 Å². The quantitative estimate of drug-likeness (QED) is 0.745. The average molecular weight is 290 g/mol. The summed E-state index contributed by atoms with van der Waals surface area (Å²) in [4.78, 5) is 4.29. The number of pyridine rings is 2. The molecule has 0 aliphatic rings. The Kier molecular flexibility index (Phi) is 2.29. The van der Waals surface area contributed by atoms with Gasteiger partial charge in [-0.2, -0.15) is 0 Å². The van der Waals surface area contributed by atoms with Crippen LogP contribution in [0, 0.1) is 0 Å². The van der Waals surface area contributed by atoms with Crippen LogP contribution in [-0.4, -0.2) is 19.6 Å². The molecule has 0 fully saturated rings. The fourth-order valence-electron chi connectivity index (χ4n) is 1.62. The molecule has 0 atom stereocenters. The molecule has 0 radical (unpaired) electrons. The van der Waals surface area contributed by atoms with Crippen molar-refractivity contribution in [2.24, 2.45) is 0 Å². The first-order valence-electron chi connectivity index (χ1n) is 4.97. The van der Waals surface area contributed by atoms with Crippen LogP contribution >= 0.6 is 15.9 Å². The number of fused-ring (bicyclic) bond motifs is 1. The molecule has 3 aromatic heterocycles. The number of anilines is 1. The topological polar surface area (TPSA) is 69.1 Å². The molecule has 2 N–H and O–H groups in total. The molecule has 0 spiro atoms. The summed E-state index contributed by atoms with van der Waals surface area (Å²) < 4.78 is 2.69. The maximum Gasteiger partial charge on any atom is 0.188 e. The molecule has 17 heavy (non-hydrogen) atoms. The molecule has 0 aliphatic heterocycles. The first kappa shape index (κ1) is 10.2. The third-order valence-electron chi connectivity index (χ3n) is 2.40. The van der Waals surface area contributed by atoms with E-state index in [0.29, 0.717) is 11.5 Å². The summed E-state index contributed by atoms with van der Waals surface area (Å²) in [6, 6.07) is 7.38. The van der Waals surface area contributed by atoms with Gasteiger partial charge in [0.2, 0.25) is 0 Å².